The Morgan fingerprint density at radius 3 is 3.15 bits per heavy atom. The first-order chi connectivity index (χ1) is 6.33. The van der Waals surface area contributed by atoms with Gasteiger partial charge in [-0.3, -0.25) is 4.79 Å². The van der Waals surface area contributed by atoms with Crippen molar-refractivity contribution in [1.29, 1.82) is 0 Å². The van der Waals surface area contributed by atoms with Crippen molar-refractivity contribution in [3.05, 3.63) is 18.2 Å². The molecule has 1 aromatic rings. The average molecular weight is 246 g/mol. The number of carbonyl (C=O) groups is 1. The van der Waals surface area contributed by atoms with Crippen LogP contribution in [0.15, 0.2) is 12.5 Å². The number of carbonyl (C=O) groups excluding carboxylic acids is 1. The van der Waals surface area contributed by atoms with Crippen molar-refractivity contribution >= 4 is 21.8 Å². The van der Waals surface area contributed by atoms with E-state index in [1.807, 2.05) is 0 Å². The molecule has 0 atom stereocenters. The van der Waals surface area contributed by atoms with E-state index in [1.165, 1.54) is 0 Å². The number of nitrogens with zero attached hydrogens (tertiary/aromatic N) is 1. The lowest BCUT2D eigenvalue weighted by molar-refractivity contribution is -0.120. The third kappa shape index (κ3) is 4.07. The van der Waals surface area contributed by atoms with Crippen LogP contribution in [0.5, 0.6) is 0 Å². The Morgan fingerprint density at radius 1 is 1.69 bits per heavy atom. The summed E-state index contributed by atoms with van der Waals surface area (Å²) < 4.78 is 0. The molecule has 4 nitrogen and oxygen atoms in total. The minimum atomic E-state index is 0.0800. The molecular formula is C8H12BrN3O. The third-order valence-corrected chi connectivity index (χ3v) is 1.99. The predicted octanol–water partition coefficient (Wildman–Crippen LogP) is 0.853. The summed E-state index contributed by atoms with van der Waals surface area (Å²) in [5, 5.41) is 3.52. The summed E-state index contributed by atoms with van der Waals surface area (Å²) >= 11 is 3.20. The Bertz CT molecular complexity index is 248. The van der Waals surface area contributed by atoms with Crippen molar-refractivity contribution in [3.63, 3.8) is 0 Å². The van der Waals surface area contributed by atoms with Gasteiger partial charge in [0.05, 0.1) is 6.33 Å². The molecular weight excluding hydrogens is 234 g/mol. The van der Waals surface area contributed by atoms with Gasteiger partial charge >= 0.3 is 0 Å². The van der Waals surface area contributed by atoms with E-state index >= 15 is 0 Å². The number of amides is 1. The number of hydrogen-bond donors (Lipinski definition) is 2. The van der Waals surface area contributed by atoms with Crippen LogP contribution in [0.3, 0.4) is 0 Å². The van der Waals surface area contributed by atoms with Gasteiger partial charge in [0.15, 0.2) is 0 Å². The lowest BCUT2D eigenvalue weighted by Gasteiger charge is -2.01. The Hall–Kier alpha value is -0.840. The van der Waals surface area contributed by atoms with Crippen molar-refractivity contribution in [1.82, 2.24) is 15.3 Å². The van der Waals surface area contributed by atoms with Crippen LogP contribution in [-0.2, 0) is 11.2 Å². The van der Waals surface area contributed by atoms with Crippen LogP contribution in [0.4, 0.5) is 0 Å². The maximum absolute atomic E-state index is 11.0. The number of hydrogen-bond acceptors (Lipinski definition) is 2. The smallest absolute Gasteiger partial charge is 0.220 e. The summed E-state index contributed by atoms with van der Waals surface area (Å²) in [5.74, 6) is 0.0800. The summed E-state index contributed by atoms with van der Waals surface area (Å²) in [6.45, 7) is 0.661. The van der Waals surface area contributed by atoms with Gasteiger partial charge in [0, 0.05) is 36.6 Å². The Balaban J connectivity index is 2.11. The molecule has 2 N–H and O–H groups in total. The number of rotatable bonds is 5. The number of nitrogens with one attached hydrogen (secondary N) is 2. The topological polar surface area (TPSA) is 57.8 Å². The molecule has 1 heterocycles. The number of H-pyrrole nitrogens is 1. The van der Waals surface area contributed by atoms with E-state index in [-0.39, 0.29) is 5.91 Å². The third-order valence-electron chi connectivity index (χ3n) is 1.59. The predicted molar refractivity (Wildman–Crippen MR) is 53.7 cm³/mol. The zero-order chi connectivity index (χ0) is 9.52. The molecule has 0 saturated carbocycles. The van der Waals surface area contributed by atoms with Gasteiger partial charge in [0.2, 0.25) is 5.91 Å². The van der Waals surface area contributed by atoms with Gasteiger partial charge in [-0.1, -0.05) is 15.9 Å². The van der Waals surface area contributed by atoms with Crippen LogP contribution >= 0.6 is 15.9 Å². The van der Waals surface area contributed by atoms with Crippen LogP contribution in [0, 0.1) is 0 Å². The highest BCUT2D eigenvalue weighted by Gasteiger charge is 1.99. The molecule has 0 saturated heterocycles. The average Bonchev–Trinajstić information content (AvgIpc) is 2.57. The first-order valence-corrected chi connectivity index (χ1v) is 5.25. The standard InChI is InChI=1S/C8H12BrN3O/c9-3-1-8(13)11-4-2-7-5-10-6-12-7/h5-6H,1-4H2,(H,10,12)(H,11,13). The summed E-state index contributed by atoms with van der Waals surface area (Å²) in [5.41, 5.74) is 1.04. The molecule has 72 valence electrons. The minimum absolute atomic E-state index is 0.0800. The largest absolute Gasteiger partial charge is 0.356 e. The monoisotopic (exact) mass is 245 g/mol. The molecule has 13 heavy (non-hydrogen) atoms. The molecule has 1 amide bonds. The maximum Gasteiger partial charge on any atom is 0.220 e. The molecule has 0 bridgehead atoms. The minimum Gasteiger partial charge on any atom is -0.356 e. The Labute approximate surface area is 85.3 Å². The second kappa shape index (κ2) is 5.75. The van der Waals surface area contributed by atoms with E-state index < -0.39 is 0 Å². The van der Waals surface area contributed by atoms with E-state index in [4.69, 9.17) is 0 Å². The summed E-state index contributed by atoms with van der Waals surface area (Å²) in [6, 6.07) is 0. The van der Waals surface area contributed by atoms with E-state index in [0.717, 1.165) is 12.1 Å². The number of aromatic nitrogens is 2. The molecule has 1 rings (SSSR count). The highest BCUT2D eigenvalue weighted by Crippen LogP contribution is 1.91. The number of imidazole rings is 1. The molecule has 1 aromatic heterocycles. The second-order valence-corrected chi connectivity index (χ2v) is 3.41. The van der Waals surface area contributed by atoms with Gasteiger partial charge in [-0.2, -0.15) is 0 Å². The maximum atomic E-state index is 11.0. The van der Waals surface area contributed by atoms with E-state index in [2.05, 4.69) is 31.2 Å². The van der Waals surface area contributed by atoms with Gasteiger partial charge in [0.25, 0.3) is 0 Å². The molecule has 0 aromatic carbocycles. The summed E-state index contributed by atoms with van der Waals surface area (Å²) in [6.07, 6.45) is 4.73. The lowest BCUT2D eigenvalue weighted by atomic mass is 10.3. The molecule has 0 unspecified atom stereocenters. The molecule has 0 aliphatic heterocycles. The molecule has 0 aliphatic rings. The number of alkyl halides is 1. The summed E-state index contributed by atoms with van der Waals surface area (Å²) in [7, 11) is 0. The van der Waals surface area contributed by atoms with E-state index in [1.54, 1.807) is 12.5 Å². The van der Waals surface area contributed by atoms with Gasteiger partial charge in [-0.05, 0) is 0 Å². The zero-order valence-electron chi connectivity index (χ0n) is 7.22. The highest BCUT2D eigenvalue weighted by atomic mass is 79.9. The van der Waals surface area contributed by atoms with E-state index in [9.17, 15) is 4.79 Å². The summed E-state index contributed by atoms with van der Waals surface area (Å²) in [4.78, 5) is 17.9. The van der Waals surface area contributed by atoms with Gasteiger partial charge < -0.3 is 10.3 Å². The van der Waals surface area contributed by atoms with Crippen molar-refractivity contribution in [2.24, 2.45) is 0 Å². The van der Waals surface area contributed by atoms with Crippen LogP contribution in [-0.4, -0.2) is 27.7 Å². The van der Waals surface area contributed by atoms with E-state index in [0.29, 0.717) is 18.3 Å². The van der Waals surface area contributed by atoms with Crippen LogP contribution < -0.4 is 5.32 Å². The molecule has 0 radical (unpaired) electrons. The lowest BCUT2D eigenvalue weighted by Crippen LogP contribution is -2.25. The van der Waals surface area contributed by atoms with Gasteiger partial charge in [-0.25, -0.2) is 4.98 Å². The van der Waals surface area contributed by atoms with Gasteiger partial charge in [-0.15, -0.1) is 0 Å². The Morgan fingerprint density at radius 2 is 2.54 bits per heavy atom. The first kappa shape index (κ1) is 10.2. The SMILES string of the molecule is O=C(CCBr)NCCc1cnc[nH]1. The Kier molecular flexibility index (Phi) is 4.53. The first-order valence-electron chi connectivity index (χ1n) is 4.13. The number of halogens is 1. The van der Waals surface area contributed by atoms with Crippen molar-refractivity contribution in [3.8, 4) is 0 Å². The normalized spacial score (nSPS) is 9.92. The van der Waals surface area contributed by atoms with Crippen molar-refractivity contribution in [2.75, 3.05) is 11.9 Å². The van der Waals surface area contributed by atoms with Crippen LogP contribution in [0.25, 0.3) is 0 Å². The fourth-order valence-electron chi connectivity index (χ4n) is 0.932. The second-order valence-electron chi connectivity index (χ2n) is 2.62. The molecule has 5 heteroatoms. The fourth-order valence-corrected chi connectivity index (χ4v) is 1.29. The molecule has 0 spiro atoms. The molecule has 0 aliphatic carbocycles. The van der Waals surface area contributed by atoms with Crippen LogP contribution in [0.1, 0.15) is 12.1 Å². The van der Waals surface area contributed by atoms with Gasteiger partial charge in [0.1, 0.15) is 0 Å². The zero-order valence-corrected chi connectivity index (χ0v) is 8.80. The molecule has 0 fully saturated rings. The fraction of sp³-hybridized carbons (Fsp3) is 0.500. The van der Waals surface area contributed by atoms with Crippen molar-refractivity contribution < 1.29 is 4.79 Å². The highest BCUT2D eigenvalue weighted by molar-refractivity contribution is 9.09. The van der Waals surface area contributed by atoms with Crippen LogP contribution in [0.2, 0.25) is 0 Å². The van der Waals surface area contributed by atoms with Crippen molar-refractivity contribution in [2.45, 2.75) is 12.8 Å². The quantitative estimate of drug-likeness (QED) is 0.757. The number of aromatic amines is 1.